The highest BCUT2D eigenvalue weighted by Gasteiger charge is 2.18. The van der Waals surface area contributed by atoms with Crippen LogP contribution in [-0.2, 0) is 18.4 Å². The highest BCUT2D eigenvalue weighted by atomic mass is 19.1. The molecule has 0 aliphatic heterocycles. The molecule has 3 aromatic carbocycles. The number of rotatable bonds is 9. The van der Waals surface area contributed by atoms with Gasteiger partial charge >= 0.3 is 0 Å². The Labute approximate surface area is 238 Å². The average molecular weight is 575 g/mol. The zero-order chi connectivity index (χ0) is 29.8. The van der Waals surface area contributed by atoms with Crippen LogP contribution < -0.4 is 20.3 Å². The van der Waals surface area contributed by atoms with Gasteiger partial charge in [0.2, 0.25) is 5.91 Å². The molecule has 2 aromatic heterocycles. The number of pyridine rings is 1. The van der Waals surface area contributed by atoms with Crippen molar-refractivity contribution in [3.05, 3.63) is 113 Å². The van der Waals surface area contributed by atoms with Crippen molar-refractivity contribution in [1.29, 1.82) is 0 Å². The van der Waals surface area contributed by atoms with Gasteiger partial charge in [0.05, 0.1) is 12.3 Å². The highest BCUT2D eigenvalue weighted by Crippen LogP contribution is 2.40. The quantitative estimate of drug-likeness (QED) is 0.228. The Hall–Kier alpha value is -5.32. The van der Waals surface area contributed by atoms with E-state index in [9.17, 15) is 22.8 Å². The number of carbonyl (C=O) groups is 1. The lowest BCUT2D eigenvalue weighted by molar-refractivity contribution is -0.116. The second-order valence-corrected chi connectivity index (χ2v) is 9.25. The van der Waals surface area contributed by atoms with E-state index in [0.717, 1.165) is 12.1 Å². The van der Waals surface area contributed by atoms with Gasteiger partial charge in [-0.05, 0) is 55.5 Å². The monoisotopic (exact) mass is 574 g/mol. The van der Waals surface area contributed by atoms with Crippen LogP contribution in [0, 0.1) is 17.5 Å². The van der Waals surface area contributed by atoms with Crippen molar-refractivity contribution in [2.75, 3.05) is 11.9 Å². The molecular formula is C31H25F3N4O4. The highest BCUT2D eigenvalue weighted by molar-refractivity contribution is 5.92. The van der Waals surface area contributed by atoms with Gasteiger partial charge in [-0.15, -0.1) is 0 Å². The van der Waals surface area contributed by atoms with E-state index in [2.05, 4.69) is 10.4 Å². The number of hydrogen-bond acceptors (Lipinski definition) is 5. The summed E-state index contributed by atoms with van der Waals surface area (Å²) in [6, 6.07) is 16.7. The SMILES string of the molecule is CCOc1cc(=O)n(C)cc1-c1cc(NC(=O)Cn2ccc(-c3ccccc3F)n2)ccc1Oc1ccc(F)cc1F. The predicted molar refractivity (Wildman–Crippen MR) is 151 cm³/mol. The number of nitrogens with one attached hydrogen (secondary N) is 1. The van der Waals surface area contributed by atoms with Crippen molar-refractivity contribution in [3.8, 4) is 39.6 Å². The fourth-order valence-electron chi connectivity index (χ4n) is 4.28. The van der Waals surface area contributed by atoms with Gasteiger partial charge in [0.1, 0.15) is 29.7 Å². The molecule has 5 aromatic rings. The molecule has 0 aliphatic carbocycles. The molecule has 0 fully saturated rings. The van der Waals surface area contributed by atoms with E-state index >= 15 is 0 Å². The van der Waals surface area contributed by atoms with E-state index in [0.29, 0.717) is 34.1 Å². The van der Waals surface area contributed by atoms with Crippen LogP contribution >= 0.6 is 0 Å². The van der Waals surface area contributed by atoms with Crippen LogP contribution in [-0.4, -0.2) is 26.9 Å². The van der Waals surface area contributed by atoms with Crippen molar-refractivity contribution in [1.82, 2.24) is 14.3 Å². The van der Waals surface area contributed by atoms with Gasteiger partial charge in [-0.3, -0.25) is 14.3 Å². The summed E-state index contributed by atoms with van der Waals surface area (Å²) in [5.41, 5.74) is 1.56. The lowest BCUT2D eigenvalue weighted by atomic mass is 10.0. The molecule has 0 spiro atoms. The molecule has 0 saturated carbocycles. The Kier molecular flexibility index (Phi) is 8.09. The molecule has 5 rings (SSSR count). The lowest BCUT2D eigenvalue weighted by Gasteiger charge is -2.17. The molecule has 0 unspecified atom stereocenters. The van der Waals surface area contributed by atoms with E-state index in [4.69, 9.17) is 9.47 Å². The van der Waals surface area contributed by atoms with E-state index in [-0.39, 0.29) is 36.0 Å². The van der Waals surface area contributed by atoms with E-state index in [1.54, 1.807) is 56.6 Å². The molecule has 0 radical (unpaired) electrons. The van der Waals surface area contributed by atoms with Crippen LogP contribution in [0.4, 0.5) is 18.9 Å². The number of ether oxygens (including phenoxy) is 2. The Morgan fingerprint density at radius 1 is 0.881 bits per heavy atom. The van der Waals surface area contributed by atoms with Gasteiger partial charge in [0, 0.05) is 54.0 Å². The Balaban J connectivity index is 1.46. The van der Waals surface area contributed by atoms with Gasteiger partial charge < -0.3 is 19.4 Å². The summed E-state index contributed by atoms with van der Waals surface area (Å²) in [6.07, 6.45) is 3.11. The molecule has 0 aliphatic rings. The minimum Gasteiger partial charge on any atom is -0.493 e. The zero-order valence-electron chi connectivity index (χ0n) is 22.6. The predicted octanol–water partition coefficient (Wildman–Crippen LogP) is 6.16. The first-order valence-corrected chi connectivity index (χ1v) is 12.9. The summed E-state index contributed by atoms with van der Waals surface area (Å²) in [5.74, 6) is -2.31. The molecule has 214 valence electrons. The van der Waals surface area contributed by atoms with Crippen molar-refractivity contribution >= 4 is 11.6 Å². The van der Waals surface area contributed by atoms with Gasteiger partial charge in [0.15, 0.2) is 11.6 Å². The maximum atomic E-state index is 14.5. The van der Waals surface area contributed by atoms with Crippen molar-refractivity contribution in [2.24, 2.45) is 7.05 Å². The number of anilines is 1. The van der Waals surface area contributed by atoms with E-state index in [1.807, 2.05) is 0 Å². The summed E-state index contributed by atoms with van der Waals surface area (Å²) < 4.78 is 56.3. The minimum atomic E-state index is -0.905. The topological polar surface area (TPSA) is 87.4 Å². The fraction of sp³-hybridized carbons (Fsp3) is 0.129. The number of benzene rings is 3. The summed E-state index contributed by atoms with van der Waals surface area (Å²) >= 11 is 0. The van der Waals surface area contributed by atoms with Gasteiger partial charge in [-0.25, -0.2) is 13.2 Å². The minimum absolute atomic E-state index is 0.160. The summed E-state index contributed by atoms with van der Waals surface area (Å²) in [6.45, 7) is 1.86. The average Bonchev–Trinajstić information content (AvgIpc) is 3.41. The fourth-order valence-corrected chi connectivity index (χ4v) is 4.28. The number of nitrogens with zero attached hydrogens (tertiary/aromatic N) is 3. The molecule has 2 heterocycles. The van der Waals surface area contributed by atoms with Crippen LogP contribution in [0.2, 0.25) is 0 Å². The van der Waals surface area contributed by atoms with Crippen LogP contribution in [0.25, 0.3) is 22.4 Å². The molecule has 8 nitrogen and oxygen atoms in total. The molecule has 0 atom stereocenters. The first-order chi connectivity index (χ1) is 20.2. The van der Waals surface area contributed by atoms with Crippen LogP contribution in [0.15, 0.2) is 90.0 Å². The molecular weight excluding hydrogens is 549 g/mol. The maximum Gasteiger partial charge on any atom is 0.254 e. The molecule has 11 heteroatoms. The third kappa shape index (κ3) is 6.20. The third-order valence-electron chi connectivity index (χ3n) is 6.25. The lowest BCUT2D eigenvalue weighted by Crippen LogP contribution is -2.19. The van der Waals surface area contributed by atoms with E-state index in [1.165, 1.54) is 33.6 Å². The number of aryl methyl sites for hydroxylation is 1. The molecule has 0 saturated heterocycles. The Morgan fingerprint density at radius 3 is 2.43 bits per heavy atom. The molecule has 0 bridgehead atoms. The van der Waals surface area contributed by atoms with E-state index < -0.39 is 23.4 Å². The summed E-state index contributed by atoms with van der Waals surface area (Å²) in [7, 11) is 1.56. The number of halogens is 3. The molecule has 1 N–H and O–H groups in total. The number of amides is 1. The van der Waals surface area contributed by atoms with Crippen molar-refractivity contribution in [2.45, 2.75) is 13.5 Å². The number of aromatic nitrogens is 3. The van der Waals surface area contributed by atoms with Crippen LogP contribution in [0.5, 0.6) is 17.2 Å². The first-order valence-electron chi connectivity index (χ1n) is 12.9. The molecule has 42 heavy (non-hydrogen) atoms. The number of carbonyl (C=O) groups excluding carboxylic acids is 1. The second-order valence-electron chi connectivity index (χ2n) is 9.25. The smallest absolute Gasteiger partial charge is 0.254 e. The normalized spacial score (nSPS) is 10.9. The van der Waals surface area contributed by atoms with Crippen molar-refractivity contribution in [3.63, 3.8) is 0 Å². The van der Waals surface area contributed by atoms with Gasteiger partial charge in [-0.2, -0.15) is 5.10 Å². The second kappa shape index (κ2) is 12.0. The summed E-state index contributed by atoms with van der Waals surface area (Å²) in [4.78, 5) is 25.3. The summed E-state index contributed by atoms with van der Waals surface area (Å²) in [5, 5.41) is 7.08. The largest absolute Gasteiger partial charge is 0.493 e. The molecule has 1 amide bonds. The Morgan fingerprint density at radius 2 is 1.67 bits per heavy atom. The first kappa shape index (κ1) is 28.2. The third-order valence-corrected chi connectivity index (χ3v) is 6.25. The zero-order valence-corrected chi connectivity index (χ0v) is 22.6. The van der Waals surface area contributed by atoms with Gasteiger partial charge in [0.25, 0.3) is 5.56 Å². The van der Waals surface area contributed by atoms with Crippen LogP contribution in [0.3, 0.4) is 0 Å². The standard InChI is InChI=1S/C31H25F3N4O4/c1-3-41-29-16-31(40)37(2)17-23(29)22-15-20(9-11-27(22)42-28-10-8-19(32)14-25(28)34)35-30(39)18-38-13-12-26(36-38)21-6-4-5-7-24(21)33/h4-17H,3,18H2,1-2H3,(H,35,39). The van der Waals surface area contributed by atoms with Crippen molar-refractivity contribution < 1.29 is 27.4 Å². The number of hydrogen-bond donors (Lipinski definition) is 1. The Bertz CT molecular complexity index is 1830. The van der Waals surface area contributed by atoms with Crippen LogP contribution in [0.1, 0.15) is 6.92 Å². The maximum absolute atomic E-state index is 14.5. The van der Waals surface area contributed by atoms with Gasteiger partial charge in [-0.1, -0.05) is 12.1 Å².